The van der Waals surface area contributed by atoms with Crippen molar-refractivity contribution in [2.75, 3.05) is 25.1 Å². The Balaban J connectivity index is 1.37. The lowest BCUT2D eigenvalue weighted by molar-refractivity contribution is -0.125. The van der Waals surface area contributed by atoms with Gasteiger partial charge < -0.3 is 14.8 Å². The van der Waals surface area contributed by atoms with Gasteiger partial charge >= 0.3 is 5.97 Å². The summed E-state index contributed by atoms with van der Waals surface area (Å²) in [7, 11) is -1.00. The number of anilines is 1. The largest absolute Gasteiger partial charge is 0.495 e. The summed E-state index contributed by atoms with van der Waals surface area (Å²) >= 11 is 0. The summed E-state index contributed by atoms with van der Waals surface area (Å²) in [4.78, 5) is 24.9. The summed E-state index contributed by atoms with van der Waals surface area (Å²) in [5, 5.41) is 2.94. The number of aryl methyl sites for hydroxylation is 1. The van der Waals surface area contributed by atoms with E-state index in [4.69, 9.17) is 9.47 Å². The Morgan fingerprint density at radius 1 is 1.00 bits per heavy atom. The zero-order valence-electron chi connectivity index (χ0n) is 20.1. The van der Waals surface area contributed by atoms with Gasteiger partial charge in [0, 0.05) is 7.05 Å². The average molecular weight is 509 g/mol. The van der Waals surface area contributed by atoms with E-state index in [1.54, 1.807) is 24.3 Å². The van der Waals surface area contributed by atoms with Gasteiger partial charge in [-0.1, -0.05) is 36.4 Å². The molecule has 1 aliphatic carbocycles. The second-order valence-electron chi connectivity index (χ2n) is 8.46. The van der Waals surface area contributed by atoms with Crippen LogP contribution in [0.3, 0.4) is 0 Å². The Morgan fingerprint density at radius 3 is 2.44 bits per heavy atom. The summed E-state index contributed by atoms with van der Waals surface area (Å²) in [5.41, 5.74) is 2.84. The number of carbonyl (C=O) groups is 2. The van der Waals surface area contributed by atoms with Gasteiger partial charge in [0.1, 0.15) is 5.75 Å². The van der Waals surface area contributed by atoms with Crippen molar-refractivity contribution in [2.24, 2.45) is 0 Å². The van der Waals surface area contributed by atoms with Crippen molar-refractivity contribution in [3.05, 3.63) is 89.5 Å². The monoisotopic (exact) mass is 508 g/mol. The molecule has 1 amide bonds. The Bertz CT molecular complexity index is 1350. The smallest absolute Gasteiger partial charge is 0.338 e. The summed E-state index contributed by atoms with van der Waals surface area (Å²) in [6.07, 6.45) is 2.79. The Labute approximate surface area is 210 Å². The molecule has 0 saturated heterocycles. The minimum atomic E-state index is -3.90. The third-order valence-corrected chi connectivity index (χ3v) is 8.00. The van der Waals surface area contributed by atoms with E-state index < -0.39 is 22.6 Å². The van der Waals surface area contributed by atoms with Crippen LogP contribution in [0.4, 0.5) is 5.69 Å². The van der Waals surface area contributed by atoms with Gasteiger partial charge in [-0.2, -0.15) is 0 Å². The summed E-state index contributed by atoms with van der Waals surface area (Å²) in [5.74, 6) is -0.683. The number of methoxy groups -OCH3 is 1. The second-order valence-corrected chi connectivity index (χ2v) is 10.4. The van der Waals surface area contributed by atoms with E-state index in [1.807, 2.05) is 18.2 Å². The second kappa shape index (κ2) is 10.8. The quantitative estimate of drug-likeness (QED) is 0.464. The molecule has 3 aromatic carbocycles. The first-order valence-electron chi connectivity index (χ1n) is 11.6. The number of nitrogens with one attached hydrogen (secondary N) is 1. The molecule has 0 aliphatic heterocycles. The lowest BCUT2D eigenvalue weighted by atomic mass is 9.88. The van der Waals surface area contributed by atoms with Crippen LogP contribution in [0, 0.1) is 0 Å². The number of esters is 1. The first-order chi connectivity index (χ1) is 17.3. The lowest BCUT2D eigenvalue weighted by Gasteiger charge is -2.26. The fourth-order valence-electron chi connectivity index (χ4n) is 4.29. The highest BCUT2D eigenvalue weighted by molar-refractivity contribution is 7.92. The predicted molar refractivity (Wildman–Crippen MR) is 136 cm³/mol. The third-order valence-electron chi connectivity index (χ3n) is 6.21. The van der Waals surface area contributed by atoms with E-state index in [2.05, 4.69) is 11.4 Å². The molecule has 0 saturated carbocycles. The van der Waals surface area contributed by atoms with Crippen LogP contribution in [0.15, 0.2) is 77.7 Å². The van der Waals surface area contributed by atoms with Gasteiger partial charge in [0.2, 0.25) is 0 Å². The summed E-state index contributed by atoms with van der Waals surface area (Å²) < 4.78 is 37.7. The highest BCUT2D eigenvalue weighted by atomic mass is 32.2. The number of benzene rings is 3. The van der Waals surface area contributed by atoms with Crippen molar-refractivity contribution < 1.29 is 27.5 Å². The first kappa shape index (κ1) is 25.2. The van der Waals surface area contributed by atoms with Gasteiger partial charge in [-0.15, -0.1) is 0 Å². The van der Waals surface area contributed by atoms with Crippen LogP contribution < -0.4 is 14.4 Å². The summed E-state index contributed by atoms with van der Waals surface area (Å²) in [6.45, 7) is -0.423. The number of sulfonamides is 1. The molecule has 0 bridgehead atoms. The molecule has 0 aromatic heterocycles. The van der Waals surface area contributed by atoms with Crippen LogP contribution in [0.1, 0.15) is 40.4 Å². The van der Waals surface area contributed by atoms with Gasteiger partial charge in [0.15, 0.2) is 6.61 Å². The SMILES string of the molecule is COc1ccccc1N(C)S(=O)(=O)c1ccc(C(=O)OCC(=O)NC2CCCc3ccccc32)cc1. The summed E-state index contributed by atoms with van der Waals surface area (Å²) in [6, 6.07) is 20.0. The van der Waals surface area contributed by atoms with Crippen molar-refractivity contribution in [1.29, 1.82) is 0 Å². The highest BCUT2D eigenvalue weighted by Gasteiger charge is 2.25. The van der Waals surface area contributed by atoms with E-state index >= 15 is 0 Å². The van der Waals surface area contributed by atoms with Crippen molar-refractivity contribution in [3.63, 3.8) is 0 Å². The van der Waals surface area contributed by atoms with Crippen LogP contribution in [0.25, 0.3) is 0 Å². The molecule has 1 atom stereocenters. The van der Waals surface area contributed by atoms with E-state index in [0.717, 1.165) is 29.1 Å². The van der Waals surface area contributed by atoms with Gasteiger partial charge in [0.25, 0.3) is 15.9 Å². The Morgan fingerprint density at radius 2 is 1.69 bits per heavy atom. The lowest BCUT2D eigenvalue weighted by Crippen LogP contribution is -2.34. The van der Waals surface area contributed by atoms with Crippen molar-refractivity contribution in [2.45, 2.75) is 30.2 Å². The zero-order valence-corrected chi connectivity index (χ0v) is 21.0. The molecule has 0 heterocycles. The molecule has 188 valence electrons. The molecule has 8 nitrogen and oxygen atoms in total. The van der Waals surface area contributed by atoms with Crippen LogP contribution in [-0.2, 0) is 26.0 Å². The van der Waals surface area contributed by atoms with Gasteiger partial charge in [-0.3, -0.25) is 9.10 Å². The van der Waals surface area contributed by atoms with Crippen molar-refractivity contribution in [3.8, 4) is 5.75 Å². The number of rotatable bonds is 8. The predicted octanol–water partition coefficient (Wildman–Crippen LogP) is 3.87. The fraction of sp³-hybridized carbons (Fsp3) is 0.259. The minimum Gasteiger partial charge on any atom is -0.495 e. The number of nitrogens with zero attached hydrogens (tertiary/aromatic N) is 1. The number of para-hydroxylation sites is 2. The van der Waals surface area contributed by atoms with Gasteiger partial charge in [-0.25, -0.2) is 13.2 Å². The van der Waals surface area contributed by atoms with Gasteiger partial charge in [-0.05, 0) is 66.8 Å². The third kappa shape index (κ3) is 5.36. The fourth-order valence-corrected chi connectivity index (χ4v) is 5.50. The van der Waals surface area contributed by atoms with Gasteiger partial charge in [0.05, 0.1) is 29.3 Å². The van der Waals surface area contributed by atoms with Crippen LogP contribution >= 0.6 is 0 Å². The molecule has 0 spiro atoms. The maximum absolute atomic E-state index is 13.1. The number of hydrogen-bond acceptors (Lipinski definition) is 6. The number of hydrogen-bond donors (Lipinski definition) is 1. The molecule has 9 heteroatoms. The minimum absolute atomic E-state index is 0.00108. The molecule has 1 aliphatic rings. The highest BCUT2D eigenvalue weighted by Crippen LogP contribution is 2.31. The normalized spacial score (nSPS) is 14.9. The topological polar surface area (TPSA) is 102 Å². The number of ether oxygens (including phenoxy) is 2. The average Bonchev–Trinajstić information content (AvgIpc) is 2.91. The Kier molecular flexibility index (Phi) is 7.59. The van der Waals surface area contributed by atoms with Crippen LogP contribution in [0.2, 0.25) is 0 Å². The zero-order chi connectivity index (χ0) is 25.7. The maximum Gasteiger partial charge on any atom is 0.338 e. The van der Waals surface area contributed by atoms with Crippen LogP contribution in [-0.4, -0.2) is 41.1 Å². The van der Waals surface area contributed by atoms with Crippen molar-refractivity contribution in [1.82, 2.24) is 5.32 Å². The molecule has 3 aromatic rings. The Hall–Kier alpha value is -3.85. The number of carbonyl (C=O) groups excluding carboxylic acids is 2. The number of amides is 1. The molecule has 0 radical (unpaired) electrons. The molecule has 1 N–H and O–H groups in total. The molecule has 36 heavy (non-hydrogen) atoms. The maximum atomic E-state index is 13.1. The van der Waals surface area contributed by atoms with E-state index in [9.17, 15) is 18.0 Å². The van der Waals surface area contributed by atoms with E-state index in [-0.39, 0.29) is 22.4 Å². The molecule has 1 unspecified atom stereocenters. The first-order valence-corrected chi connectivity index (χ1v) is 13.0. The number of fused-ring (bicyclic) bond motifs is 1. The van der Waals surface area contributed by atoms with E-state index in [1.165, 1.54) is 44.0 Å². The van der Waals surface area contributed by atoms with E-state index in [0.29, 0.717) is 11.4 Å². The molecule has 4 rings (SSSR count). The molecular formula is C27H28N2O6S. The molecule has 0 fully saturated rings. The standard InChI is InChI=1S/C27H28N2O6S/c1-29(24-12-5-6-13-25(24)34-2)36(32,33)21-16-14-20(15-17-21)27(31)35-18-26(30)28-23-11-7-9-19-8-3-4-10-22(19)23/h3-6,8,10,12-17,23H,7,9,11,18H2,1-2H3,(H,28,30). The van der Waals surface area contributed by atoms with Crippen LogP contribution in [0.5, 0.6) is 5.75 Å². The van der Waals surface area contributed by atoms with Crippen molar-refractivity contribution >= 4 is 27.6 Å². The molecular weight excluding hydrogens is 480 g/mol.